The number of rotatable bonds is 15. The summed E-state index contributed by atoms with van der Waals surface area (Å²) in [5.41, 5.74) is 3.01. The highest BCUT2D eigenvalue weighted by Gasteiger charge is 2.05. The van der Waals surface area contributed by atoms with Crippen molar-refractivity contribution in [3.63, 3.8) is 0 Å². The highest BCUT2D eigenvalue weighted by atomic mass is 15.2. The van der Waals surface area contributed by atoms with E-state index in [4.69, 9.17) is 5.84 Å². The van der Waals surface area contributed by atoms with Gasteiger partial charge in [0.25, 0.3) is 0 Å². The molecule has 0 spiro atoms. The predicted molar refractivity (Wildman–Crippen MR) is 87.1 cm³/mol. The lowest BCUT2D eigenvalue weighted by atomic mass is 10.0. The van der Waals surface area contributed by atoms with Crippen molar-refractivity contribution in [1.29, 1.82) is 0 Å². The second-order valence-corrected chi connectivity index (χ2v) is 5.98. The molecule has 0 radical (unpaired) electrons. The zero-order chi connectivity index (χ0) is 14.2. The zero-order valence-corrected chi connectivity index (χ0v) is 13.6. The van der Waals surface area contributed by atoms with Gasteiger partial charge in [0.2, 0.25) is 0 Å². The Morgan fingerprint density at radius 3 is 1.37 bits per heavy atom. The van der Waals surface area contributed by atoms with Crippen LogP contribution in [-0.4, -0.2) is 6.04 Å². The van der Waals surface area contributed by atoms with Gasteiger partial charge in [-0.2, -0.15) is 0 Å². The van der Waals surface area contributed by atoms with Crippen molar-refractivity contribution in [1.82, 2.24) is 5.43 Å². The first kappa shape index (κ1) is 18.9. The summed E-state index contributed by atoms with van der Waals surface area (Å²) < 4.78 is 0. The maximum absolute atomic E-state index is 5.65. The number of hydrazine groups is 1. The number of nitrogens with one attached hydrogen (secondary N) is 1. The first-order chi connectivity index (χ1) is 9.35. The van der Waals surface area contributed by atoms with Gasteiger partial charge in [-0.25, -0.2) is 0 Å². The quantitative estimate of drug-likeness (QED) is 0.240. The summed E-state index contributed by atoms with van der Waals surface area (Å²) in [5, 5.41) is 0. The Morgan fingerprint density at radius 2 is 1.00 bits per heavy atom. The average Bonchev–Trinajstić information content (AvgIpc) is 2.44. The molecule has 0 unspecified atom stereocenters. The number of hydrogen-bond acceptors (Lipinski definition) is 2. The van der Waals surface area contributed by atoms with Crippen molar-refractivity contribution in [2.45, 2.75) is 110 Å². The maximum atomic E-state index is 5.65. The minimum absolute atomic E-state index is 0.553. The lowest BCUT2D eigenvalue weighted by Crippen LogP contribution is -2.34. The third-order valence-corrected chi connectivity index (χ3v) is 4.05. The fraction of sp³-hybridized carbons (Fsp3) is 1.00. The summed E-state index contributed by atoms with van der Waals surface area (Å²) in [4.78, 5) is 0. The number of unbranched alkanes of at least 4 members (excludes halogenated alkanes) is 10. The first-order valence-corrected chi connectivity index (χ1v) is 8.81. The molecule has 0 amide bonds. The molecule has 0 heterocycles. The SMILES string of the molecule is CCCCCCCCC(CCCCCCCC)NN. The van der Waals surface area contributed by atoms with E-state index in [1.54, 1.807) is 0 Å². The third-order valence-electron chi connectivity index (χ3n) is 4.05. The van der Waals surface area contributed by atoms with E-state index < -0.39 is 0 Å². The minimum atomic E-state index is 0.553. The van der Waals surface area contributed by atoms with E-state index in [1.165, 1.54) is 89.9 Å². The summed E-state index contributed by atoms with van der Waals surface area (Å²) in [6.45, 7) is 4.55. The summed E-state index contributed by atoms with van der Waals surface area (Å²) >= 11 is 0. The molecule has 0 aromatic heterocycles. The molecule has 0 aromatic rings. The third kappa shape index (κ3) is 14.1. The summed E-state index contributed by atoms with van der Waals surface area (Å²) in [5.74, 6) is 5.65. The molecule has 116 valence electrons. The van der Waals surface area contributed by atoms with Gasteiger partial charge in [0.05, 0.1) is 0 Å². The monoisotopic (exact) mass is 270 g/mol. The zero-order valence-electron chi connectivity index (χ0n) is 13.6. The van der Waals surface area contributed by atoms with Crippen LogP contribution in [0, 0.1) is 0 Å². The Hall–Kier alpha value is -0.0800. The highest BCUT2D eigenvalue weighted by Crippen LogP contribution is 2.13. The van der Waals surface area contributed by atoms with Crippen LogP contribution in [0.1, 0.15) is 104 Å². The molecule has 0 atom stereocenters. The molecule has 2 heteroatoms. The number of hydrogen-bond donors (Lipinski definition) is 2. The molecule has 0 aliphatic rings. The molecule has 0 fully saturated rings. The Labute approximate surface area is 121 Å². The molecule has 0 saturated heterocycles. The fourth-order valence-electron chi connectivity index (χ4n) is 2.65. The van der Waals surface area contributed by atoms with E-state index in [9.17, 15) is 0 Å². The van der Waals surface area contributed by atoms with Gasteiger partial charge in [-0.05, 0) is 12.8 Å². The molecule has 0 saturated carbocycles. The lowest BCUT2D eigenvalue weighted by Gasteiger charge is -2.15. The Bertz CT molecular complexity index is 143. The first-order valence-electron chi connectivity index (χ1n) is 8.81. The second kappa shape index (κ2) is 16.0. The van der Waals surface area contributed by atoms with Gasteiger partial charge < -0.3 is 0 Å². The molecule has 0 aliphatic carbocycles. The van der Waals surface area contributed by atoms with E-state index in [0.29, 0.717) is 6.04 Å². The van der Waals surface area contributed by atoms with Crippen molar-refractivity contribution < 1.29 is 0 Å². The lowest BCUT2D eigenvalue weighted by molar-refractivity contribution is 0.419. The minimum Gasteiger partial charge on any atom is -0.271 e. The highest BCUT2D eigenvalue weighted by molar-refractivity contribution is 4.64. The van der Waals surface area contributed by atoms with Crippen LogP contribution in [0.3, 0.4) is 0 Å². The predicted octanol–water partition coefficient (Wildman–Crippen LogP) is 5.32. The molecular weight excluding hydrogens is 232 g/mol. The van der Waals surface area contributed by atoms with Gasteiger partial charge in [-0.1, -0.05) is 90.9 Å². The number of nitrogens with two attached hydrogens (primary N) is 1. The summed E-state index contributed by atoms with van der Waals surface area (Å²) in [6.07, 6.45) is 19.1. The molecule has 19 heavy (non-hydrogen) atoms. The van der Waals surface area contributed by atoms with E-state index in [1.807, 2.05) is 0 Å². The molecule has 0 aromatic carbocycles. The van der Waals surface area contributed by atoms with Crippen LogP contribution < -0.4 is 11.3 Å². The van der Waals surface area contributed by atoms with Gasteiger partial charge in [0, 0.05) is 6.04 Å². The fourth-order valence-corrected chi connectivity index (χ4v) is 2.65. The summed E-state index contributed by atoms with van der Waals surface area (Å²) in [7, 11) is 0. The van der Waals surface area contributed by atoms with Crippen molar-refractivity contribution >= 4 is 0 Å². The van der Waals surface area contributed by atoms with Crippen LogP contribution in [-0.2, 0) is 0 Å². The van der Waals surface area contributed by atoms with Crippen LogP contribution in [0.5, 0.6) is 0 Å². The molecule has 3 N–H and O–H groups in total. The van der Waals surface area contributed by atoms with E-state index in [-0.39, 0.29) is 0 Å². The van der Waals surface area contributed by atoms with Crippen molar-refractivity contribution in [3.05, 3.63) is 0 Å². The molecule has 2 nitrogen and oxygen atoms in total. The Morgan fingerprint density at radius 1 is 0.632 bits per heavy atom. The van der Waals surface area contributed by atoms with Crippen molar-refractivity contribution in [2.75, 3.05) is 0 Å². The largest absolute Gasteiger partial charge is 0.271 e. The van der Waals surface area contributed by atoms with Crippen LogP contribution in [0.25, 0.3) is 0 Å². The van der Waals surface area contributed by atoms with Crippen LogP contribution in [0.4, 0.5) is 0 Å². The molecular formula is C17H38N2. The summed E-state index contributed by atoms with van der Waals surface area (Å²) in [6, 6.07) is 0.553. The van der Waals surface area contributed by atoms with Crippen LogP contribution >= 0.6 is 0 Å². The topological polar surface area (TPSA) is 38.0 Å². The maximum Gasteiger partial charge on any atom is 0.0210 e. The van der Waals surface area contributed by atoms with Gasteiger partial charge >= 0.3 is 0 Å². The smallest absolute Gasteiger partial charge is 0.0210 e. The second-order valence-electron chi connectivity index (χ2n) is 5.98. The van der Waals surface area contributed by atoms with E-state index in [0.717, 1.165) is 0 Å². The van der Waals surface area contributed by atoms with E-state index >= 15 is 0 Å². The van der Waals surface area contributed by atoms with Gasteiger partial charge in [-0.3, -0.25) is 11.3 Å². The van der Waals surface area contributed by atoms with Gasteiger partial charge in [0.1, 0.15) is 0 Å². The van der Waals surface area contributed by atoms with Gasteiger partial charge in [-0.15, -0.1) is 0 Å². The van der Waals surface area contributed by atoms with Crippen LogP contribution in [0.15, 0.2) is 0 Å². The average molecular weight is 271 g/mol. The Balaban J connectivity index is 3.30. The normalized spacial score (nSPS) is 11.4. The molecule has 0 aliphatic heterocycles. The van der Waals surface area contributed by atoms with Crippen LogP contribution in [0.2, 0.25) is 0 Å². The van der Waals surface area contributed by atoms with E-state index in [2.05, 4.69) is 19.3 Å². The van der Waals surface area contributed by atoms with Gasteiger partial charge in [0.15, 0.2) is 0 Å². The Kier molecular flexibility index (Phi) is 15.9. The van der Waals surface area contributed by atoms with Crippen molar-refractivity contribution in [3.8, 4) is 0 Å². The molecule has 0 rings (SSSR count). The van der Waals surface area contributed by atoms with Crippen molar-refractivity contribution in [2.24, 2.45) is 5.84 Å². The standard InChI is InChI=1S/C17H38N2/c1-3-5-7-9-11-13-15-17(19-18)16-14-12-10-8-6-4-2/h17,19H,3-16,18H2,1-2H3. The molecule has 0 bridgehead atoms.